The summed E-state index contributed by atoms with van der Waals surface area (Å²) in [7, 11) is 2.95. The molecule has 0 aliphatic rings. The van der Waals surface area contributed by atoms with Crippen molar-refractivity contribution in [2.45, 2.75) is 4.90 Å². The van der Waals surface area contributed by atoms with E-state index in [4.69, 9.17) is 20.5 Å². The summed E-state index contributed by atoms with van der Waals surface area (Å²) in [4.78, 5) is 0.526. The van der Waals surface area contributed by atoms with Crippen LogP contribution < -0.4 is 15.2 Å². The summed E-state index contributed by atoms with van der Waals surface area (Å²) >= 11 is 0.734. The van der Waals surface area contributed by atoms with Gasteiger partial charge in [-0.2, -0.15) is 0 Å². The zero-order valence-corrected chi connectivity index (χ0v) is 13.6. The second kappa shape index (κ2) is 8.36. The van der Waals surface area contributed by atoms with Gasteiger partial charge in [-0.05, 0) is 18.2 Å². The summed E-state index contributed by atoms with van der Waals surface area (Å²) in [5.41, 5.74) is 6.76. The molecular weight excluding hydrogens is 338 g/mol. The third kappa shape index (κ3) is 4.26. The van der Waals surface area contributed by atoms with Crippen LogP contribution in [0.1, 0.15) is 0 Å². The number of nitrogens with two attached hydrogens (primary N) is 1. The molecule has 0 aliphatic heterocycles. The first-order valence-electron chi connectivity index (χ1n) is 6.50. The van der Waals surface area contributed by atoms with Crippen LogP contribution in [0.25, 0.3) is 0 Å². The number of benzene rings is 2. The highest BCUT2D eigenvalue weighted by atomic mass is 32.2. The maximum Gasteiger partial charge on any atom is 0.148 e. The van der Waals surface area contributed by atoms with Crippen molar-refractivity contribution in [1.82, 2.24) is 0 Å². The van der Waals surface area contributed by atoms with Gasteiger partial charge in [0.2, 0.25) is 0 Å². The average molecular weight is 353 g/mol. The maximum atomic E-state index is 9.85. The van der Waals surface area contributed by atoms with E-state index in [0.717, 1.165) is 12.0 Å². The molecule has 2 aromatic carbocycles. The maximum absolute atomic E-state index is 9.85. The van der Waals surface area contributed by atoms with Crippen molar-refractivity contribution in [3.05, 3.63) is 30.3 Å². The van der Waals surface area contributed by atoms with E-state index in [2.05, 4.69) is 19.6 Å². The van der Waals surface area contributed by atoms with Crippen molar-refractivity contribution < 1.29 is 29.2 Å². The molecule has 0 saturated carbocycles. The minimum atomic E-state index is -0.0885. The molecule has 128 valence electrons. The van der Waals surface area contributed by atoms with Gasteiger partial charge in [-0.3, -0.25) is 0 Å². The molecule has 2 rings (SSSR count). The Morgan fingerprint density at radius 1 is 1.00 bits per heavy atom. The number of ether oxygens (including phenoxy) is 2. The van der Waals surface area contributed by atoms with Crippen LogP contribution in [0.5, 0.6) is 17.2 Å². The van der Waals surface area contributed by atoms with Gasteiger partial charge in [-0.15, -0.1) is 14.6 Å². The monoisotopic (exact) mass is 353 g/mol. The molecule has 0 fully saturated rings. The largest absolute Gasteiger partial charge is 0.506 e. The zero-order chi connectivity index (χ0) is 17.5. The summed E-state index contributed by atoms with van der Waals surface area (Å²) in [6.45, 7) is 0. The molecule has 0 radical (unpaired) electrons. The van der Waals surface area contributed by atoms with Crippen LogP contribution in [0.15, 0.2) is 45.5 Å². The predicted molar refractivity (Wildman–Crippen MR) is 86.9 cm³/mol. The van der Waals surface area contributed by atoms with Crippen LogP contribution >= 0.6 is 12.0 Å². The standard InChI is InChI=1S/C14H15N3O6S/c1-20-13-7-11(14(21-2)6-9(13)15)17-16-10-5-8(24-23-22-19)3-4-12(10)18/h3-7,18-19H,15H2,1-2H3. The number of aromatic hydroxyl groups is 1. The normalized spacial score (nSPS) is 11.0. The summed E-state index contributed by atoms with van der Waals surface area (Å²) in [5.74, 6) is 0.736. The van der Waals surface area contributed by atoms with Gasteiger partial charge in [0.25, 0.3) is 0 Å². The molecule has 0 saturated heterocycles. The van der Waals surface area contributed by atoms with E-state index in [1.807, 2.05) is 0 Å². The van der Waals surface area contributed by atoms with Gasteiger partial charge in [0.05, 0.1) is 31.9 Å². The Balaban J connectivity index is 2.33. The zero-order valence-electron chi connectivity index (χ0n) is 12.8. The Morgan fingerprint density at radius 2 is 1.71 bits per heavy atom. The van der Waals surface area contributed by atoms with Gasteiger partial charge >= 0.3 is 0 Å². The van der Waals surface area contributed by atoms with Crippen molar-refractivity contribution in [2.75, 3.05) is 20.0 Å². The van der Waals surface area contributed by atoms with Gasteiger partial charge in [0.15, 0.2) is 0 Å². The van der Waals surface area contributed by atoms with Gasteiger partial charge in [-0.1, -0.05) is 5.04 Å². The van der Waals surface area contributed by atoms with E-state index < -0.39 is 0 Å². The number of hydrogen-bond acceptors (Lipinski definition) is 10. The van der Waals surface area contributed by atoms with E-state index in [0.29, 0.717) is 27.8 Å². The van der Waals surface area contributed by atoms with Crippen molar-refractivity contribution in [1.29, 1.82) is 0 Å². The molecule has 4 N–H and O–H groups in total. The molecule has 24 heavy (non-hydrogen) atoms. The number of nitrogen functional groups attached to an aromatic ring is 1. The predicted octanol–water partition coefficient (Wildman–Crippen LogP) is 3.84. The summed E-state index contributed by atoms with van der Waals surface area (Å²) in [6, 6.07) is 7.56. The second-order valence-electron chi connectivity index (χ2n) is 4.34. The van der Waals surface area contributed by atoms with Gasteiger partial charge in [0.1, 0.15) is 28.6 Å². The number of rotatable bonds is 7. The topological polar surface area (TPSA) is 128 Å². The molecule has 0 atom stereocenters. The fourth-order valence-corrected chi connectivity index (χ4v) is 2.17. The van der Waals surface area contributed by atoms with E-state index in [1.54, 1.807) is 18.2 Å². The first-order valence-corrected chi connectivity index (χ1v) is 7.24. The lowest BCUT2D eigenvalue weighted by atomic mass is 10.2. The van der Waals surface area contributed by atoms with Crippen LogP contribution in [-0.2, 0) is 9.37 Å². The van der Waals surface area contributed by atoms with E-state index in [-0.39, 0.29) is 11.4 Å². The highest BCUT2D eigenvalue weighted by molar-refractivity contribution is 7.94. The number of methoxy groups -OCH3 is 2. The van der Waals surface area contributed by atoms with Crippen molar-refractivity contribution in [2.24, 2.45) is 10.2 Å². The number of hydrogen-bond donors (Lipinski definition) is 3. The number of nitrogens with zero attached hydrogens (tertiary/aromatic N) is 2. The third-order valence-electron chi connectivity index (χ3n) is 2.90. The average Bonchev–Trinajstić information content (AvgIpc) is 2.60. The molecule has 10 heteroatoms. The minimum absolute atomic E-state index is 0.0885. The molecule has 0 aliphatic carbocycles. The molecule has 0 heterocycles. The Labute approximate surface area is 141 Å². The molecular formula is C14H15N3O6S. The third-order valence-corrected chi connectivity index (χ3v) is 3.48. The van der Waals surface area contributed by atoms with E-state index in [1.165, 1.54) is 26.4 Å². The minimum Gasteiger partial charge on any atom is -0.506 e. The first kappa shape index (κ1) is 17.8. The lowest BCUT2D eigenvalue weighted by Crippen LogP contribution is -1.93. The molecule has 0 bridgehead atoms. The van der Waals surface area contributed by atoms with Crippen molar-refractivity contribution in [3.63, 3.8) is 0 Å². The summed E-state index contributed by atoms with van der Waals surface area (Å²) in [5, 5.41) is 29.6. The van der Waals surface area contributed by atoms with Crippen molar-refractivity contribution >= 4 is 29.1 Å². The smallest absolute Gasteiger partial charge is 0.148 e. The number of phenols is 1. The second-order valence-corrected chi connectivity index (χ2v) is 5.12. The fourth-order valence-electron chi connectivity index (χ4n) is 1.78. The summed E-state index contributed by atoms with van der Waals surface area (Å²) in [6.07, 6.45) is 0. The first-order chi connectivity index (χ1) is 11.6. The van der Waals surface area contributed by atoms with Gasteiger partial charge < -0.3 is 20.3 Å². The quantitative estimate of drug-likeness (QED) is 0.225. The van der Waals surface area contributed by atoms with Gasteiger partial charge in [-0.25, -0.2) is 5.26 Å². The number of azo groups is 1. The lowest BCUT2D eigenvalue weighted by Gasteiger charge is -2.09. The molecule has 0 amide bonds. The number of phenolic OH excluding ortho intramolecular Hbond substituents is 1. The van der Waals surface area contributed by atoms with E-state index in [9.17, 15) is 5.11 Å². The lowest BCUT2D eigenvalue weighted by molar-refractivity contribution is -0.432. The highest BCUT2D eigenvalue weighted by Crippen LogP contribution is 2.39. The Bertz CT molecular complexity index is 741. The highest BCUT2D eigenvalue weighted by Gasteiger charge is 2.10. The van der Waals surface area contributed by atoms with Gasteiger partial charge in [0, 0.05) is 17.0 Å². The van der Waals surface area contributed by atoms with E-state index >= 15 is 0 Å². The van der Waals surface area contributed by atoms with Crippen LogP contribution in [0.3, 0.4) is 0 Å². The molecule has 0 spiro atoms. The van der Waals surface area contributed by atoms with Crippen molar-refractivity contribution in [3.8, 4) is 17.2 Å². The SMILES string of the molecule is COc1cc(N=Nc2cc(SOOO)ccc2O)c(OC)cc1N. The Morgan fingerprint density at radius 3 is 2.38 bits per heavy atom. The van der Waals surface area contributed by atoms with Crippen LogP contribution in [0, 0.1) is 0 Å². The number of anilines is 1. The van der Waals surface area contributed by atoms with Crippen LogP contribution in [0.4, 0.5) is 17.1 Å². The molecule has 0 aromatic heterocycles. The van der Waals surface area contributed by atoms with Crippen LogP contribution in [-0.4, -0.2) is 24.6 Å². The Kier molecular flexibility index (Phi) is 6.21. The molecule has 0 unspecified atom stereocenters. The molecule has 2 aromatic rings. The summed E-state index contributed by atoms with van der Waals surface area (Å²) < 4.78 is 14.7. The molecule has 9 nitrogen and oxygen atoms in total. The fraction of sp³-hybridized carbons (Fsp3) is 0.143. The van der Waals surface area contributed by atoms with Crippen LogP contribution in [0.2, 0.25) is 0 Å². The Hall–Kier alpha value is -2.53.